The highest BCUT2D eigenvalue weighted by Gasteiger charge is 2.15. The average molecular weight is 429 g/mol. The molecule has 0 fully saturated rings. The van der Waals surface area contributed by atoms with Crippen LogP contribution >= 0.6 is 23.2 Å². The maximum Gasteiger partial charge on any atom is 0.273 e. The van der Waals surface area contributed by atoms with Crippen LogP contribution in [0.25, 0.3) is 0 Å². The molecule has 0 aliphatic carbocycles. The van der Waals surface area contributed by atoms with Crippen LogP contribution in [0.3, 0.4) is 0 Å². The minimum atomic E-state index is -1.29. The third-order valence-corrected chi connectivity index (χ3v) is 4.61. The first-order chi connectivity index (χ1) is 14.0. The summed E-state index contributed by atoms with van der Waals surface area (Å²) in [7, 11) is 0. The highest BCUT2D eigenvalue weighted by Crippen LogP contribution is 2.23. The molecule has 0 aliphatic heterocycles. The molecular formula is C22H18Cl2N2O3. The smallest absolute Gasteiger partial charge is 0.273 e. The van der Waals surface area contributed by atoms with Crippen molar-refractivity contribution in [3.8, 4) is 5.75 Å². The summed E-state index contributed by atoms with van der Waals surface area (Å²) in [5, 5.41) is 15.0. The van der Waals surface area contributed by atoms with Crippen molar-refractivity contribution in [3.63, 3.8) is 0 Å². The molecule has 0 radical (unpaired) electrons. The van der Waals surface area contributed by atoms with E-state index in [0.717, 1.165) is 11.1 Å². The maximum atomic E-state index is 12.0. The van der Waals surface area contributed by atoms with Gasteiger partial charge in [-0.3, -0.25) is 4.79 Å². The van der Waals surface area contributed by atoms with Crippen molar-refractivity contribution in [1.29, 1.82) is 0 Å². The molecule has 0 bridgehead atoms. The summed E-state index contributed by atoms with van der Waals surface area (Å²) in [6.45, 7) is 0.288. The highest BCUT2D eigenvalue weighted by atomic mass is 35.5. The fourth-order valence-corrected chi connectivity index (χ4v) is 2.97. The van der Waals surface area contributed by atoms with Crippen molar-refractivity contribution in [2.45, 2.75) is 12.7 Å². The largest absolute Gasteiger partial charge is 0.489 e. The highest BCUT2D eigenvalue weighted by molar-refractivity contribution is 6.35. The van der Waals surface area contributed by atoms with E-state index >= 15 is 0 Å². The average Bonchev–Trinajstić information content (AvgIpc) is 2.73. The summed E-state index contributed by atoms with van der Waals surface area (Å²) in [4.78, 5) is 12.0. The second-order valence-corrected chi connectivity index (χ2v) is 6.99. The van der Waals surface area contributed by atoms with Gasteiger partial charge in [-0.05, 0) is 35.4 Å². The number of nitrogens with zero attached hydrogens (tertiary/aromatic N) is 1. The second-order valence-electron chi connectivity index (χ2n) is 6.14. The Morgan fingerprint density at radius 1 is 1.07 bits per heavy atom. The predicted octanol–water partition coefficient (Wildman–Crippen LogP) is 4.76. The summed E-state index contributed by atoms with van der Waals surface area (Å²) < 4.78 is 5.76. The van der Waals surface area contributed by atoms with E-state index in [4.69, 9.17) is 27.9 Å². The lowest BCUT2D eigenvalue weighted by Gasteiger charge is -2.09. The Hall–Kier alpha value is -2.86. The van der Waals surface area contributed by atoms with E-state index < -0.39 is 12.0 Å². The number of hydrogen-bond acceptors (Lipinski definition) is 4. The Bertz CT molecular complexity index is 1010. The Morgan fingerprint density at radius 2 is 1.86 bits per heavy atom. The summed E-state index contributed by atoms with van der Waals surface area (Å²) in [6, 6.07) is 21.1. The molecule has 2 N–H and O–H groups in total. The van der Waals surface area contributed by atoms with Gasteiger partial charge in [-0.2, -0.15) is 5.10 Å². The molecular weight excluding hydrogens is 411 g/mol. The second kappa shape index (κ2) is 10.1. The van der Waals surface area contributed by atoms with E-state index in [-0.39, 0.29) is 6.61 Å². The number of aliphatic hydroxyl groups is 1. The number of hydrazone groups is 1. The van der Waals surface area contributed by atoms with Gasteiger partial charge >= 0.3 is 0 Å². The minimum absolute atomic E-state index is 0.288. The molecule has 0 aliphatic rings. The zero-order valence-corrected chi connectivity index (χ0v) is 16.8. The number of ether oxygens (including phenoxy) is 1. The Kier molecular flexibility index (Phi) is 7.25. The minimum Gasteiger partial charge on any atom is -0.489 e. The van der Waals surface area contributed by atoms with E-state index in [0.29, 0.717) is 21.4 Å². The number of halogens is 2. The van der Waals surface area contributed by atoms with Crippen LogP contribution in [0.5, 0.6) is 5.75 Å². The zero-order valence-electron chi connectivity index (χ0n) is 15.3. The van der Waals surface area contributed by atoms with Gasteiger partial charge in [0.1, 0.15) is 12.4 Å². The number of benzene rings is 3. The molecule has 3 rings (SSSR count). The SMILES string of the molecule is O=C(N/N=C\c1cccc(OCc2ccc(Cl)cc2Cl)c1)[C@@H](O)c1ccccc1. The van der Waals surface area contributed by atoms with Crippen LogP contribution < -0.4 is 10.2 Å². The van der Waals surface area contributed by atoms with Crippen LogP contribution in [-0.4, -0.2) is 17.2 Å². The topological polar surface area (TPSA) is 70.9 Å². The van der Waals surface area contributed by atoms with Crippen molar-refractivity contribution < 1.29 is 14.6 Å². The molecule has 0 saturated heterocycles. The van der Waals surface area contributed by atoms with Crippen LogP contribution in [0.2, 0.25) is 10.0 Å². The van der Waals surface area contributed by atoms with Gasteiger partial charge < -0.3 is 9.84 Å². The molecule has 0 heterocycles. The molecule has 148 valence electrons. The Morgan fingerprint density at radius 3 is 2.62 bits per heavy atom. The van der Waals surface area contributed by atoms with Crippen molar-refractivity contribution in [1.82, 2.24) is 5.43 Å². The number of rotatable bonds is 7. The first kappa shape index (κ1) is 20.9. The van der Waals surface area contributed by atoms with Gasteiger partial charge in [-0.1, -0.05) is 71.7 Å². The quantitative estimate of drug-likeness (QED) is 0.421. The predicted molar refractivity (Wildman–Crippen MR) is 114 cm³/mol. The van der Waals surface area contributed by atoms with Crippen molar-refractivity contribution in [2.75, 3.05) is 0 Å². The normalized spacial score (nSPS) is 12.0. The van der Waals surface area contributed by atoms with Crippen LogP contribution in [-0.2, 0) is 11.4 Å². The summed E-state index contributed by atoms with van der Waals surface area (Å²) in [5.41, 5.74) is 4.36. The van der Waals surface area contributed by atoms with Crippen LogP contribution in [0, 0.1) is 0 Å². The lowest BCUT2D eigenvalue weighted by molar-refractivity contribution is -0.129. The summed E-state index contributed by atoms with van der Waals surface area (Å²) in [6.07, 6.45) is 0.185. The Labute approximate surface area is 178 Å². The third kappa shape index (κ3) is 6.06. The van der Waals surface area contributed by atoms with E-state index in [1.807, 2.05) is 18.2 Å². The van der Waals surface area contributed by atoms with Gasteiger partial charge in [0.05, 0.1) is 6.21 Å². The number of amides is 1. The van der Waals surface area contributed by atoms with Crippen LogP contribution in [0.4, 0.5) is 0 Å². The maximum absolute atomic E-state index is 12.0. The fraction of sp³-hybridized carbons (Fsp3) is 0.0909. The van der Waals surface area contributed by atoms with Gasteiger partial charge in [-0.15, -0.1) is 0 Å². The van der Waals surface area contributed by atoms with Gasteiger partial charge in [0.15, 0.2) is 6.10 Å². The summed E-state index contributed by atoms with van der Waals surface area (Å²) in [5.74, 6) is 0.00727. The number of hydrogen-bond donors (Lipinski definition) is 2. The molecule has 3 aromatic rings. The van der Waals surface area contributed by atoms with E-state index in [1.165, 1.54) is 6.21 Å². The van der Waals surface area contributed by atoms with E-state index in [2.05, 4.69) is 10.5 Å². The van der Waals surface area contributed by atoms with E-state index in [9.17, 15) is 9.90 Å². The molecule has 0 saturated carbocycles. The lowest BCUT2D eigenvalue weighted by Crippen LogP contribution is -2.25. The van der Waals surface area contributed by atoms with Crippen LogP contribution in [0.15, 0.2) is 77.9 Å². The fourth-order valence-electron chi connectivity index (χ4n) is 2.50. The molecule has 1 amide bonds. The Balaban J connectivity index is 1.57. The first-order valence-electron chi connectivity index (χ1n) is 8.75. The van der Waals surface area contributed by atoms with E-state index in [1.54, 1.807) is 54.6 Å². The molecule has 29 heavy (non-hydrogen) atoms. The number of carbonyl (C=O) groups excluding carboxylic acids is 1. The van der Waals surface area contributed by atoms with Crippen molar-refractivity contribution in [2.24, 2.45) is 5.10 Å². The molecule has 0 aromatic heterocycles. The molecule has 7 heteroatoms. The molecule has 5 nitrogen and oxygen atoms in total. The molecule has 0 spiro atoms. The van der Waals surface area contributed by atoms with Gasteiger partial charge in [0.25, 0.3) is 5.91 Å². The van der Waals surface area contributed by atoms with Gasteiger partial charge in [0, 0.05) is 15.6 Å². The number of aliphatic hydroxyl groups excluding tert-OH is 1. The number of nitrogens with one attached hydrogen (secondary N) is 1. The lowest BCUT2D eigenvalue weighted by atomic mass is 10.1. The zero-order chi connectivity index (χ0) is 20.6. The van der Waals surface area contributed by atoms with Crippen molar-refractivity contribution in [3.05, 3.63) is 99.5 Å². The standard InChI is InChI=1S/C22H18Cl2N2O3/c23-18-10-9-17(20(24)12-18)14-29-19-8-4-5-15(11-19)13-25-26-22(28)21(27)16-6-2-1-3-7-16/h1-13,21,27H,14H2,(H,26,28)/b25-13-/t21-/m0/s1. The van der Waals surface area contributed by atoms with Gasteiger partial charge in [-0.25, -0.2) is 5.43 Å². The third-order valence-electron chi connectivity index (χ3n) is 4.02. The van der Waals surface area contributed by atoms with Gasteiger partial charge in [0.2, 0.25) is 0 Å². The number of carbonyl (C=O) groups is 1. The van der Waals surface area contributed by atoms with Crippen LogP contribution in [0.1, 0.15) is 22.8 Å². The molecule has 1 atom stereocenters. The molecule has 0 unspecified atom stereocenters. The monoisotopic (exact) mass is 428 g/mol. The van der Waals surface area contributed by atoms with Crippen molar-refractivity contribution >= 4 is 35.3 Å². The first-order valence-corrected chi connectivity index (χ1v) is 9.51. The molecule has 3 aromatic carbocycles. The summed E-state index contributed by atoms with van der Waals surface area (Å²) >= 11 is 12.0.